The first-order chi connectivity index (χ1) is 4.95. The van der Waals surface area contributed by atoms with Gasteiger partial charge < -0.3 is 10.5 Å². The summed E-state index contributed by atoms with van der Waals surface area (Å²) in [6.07, 6.45) is 0. The number of carbonyl (C=O) groups excluding carboxylic acids is 1. The molecule has 0 fully saturated rings. The lowest BCUT2D eigenvalue weighted by Gasteiger charge is -2.29. The number of hydrogen-bond acceptors (Lipinski definition) is 3. The highest BCUT2D eigenvalue weighted by atomic mass is 31.0. The van der Waals surface area contributed by atoms with Gasteiger partial charge in [0.1, 0.15) is 6.04 Å². The van der Waals surface area contributed by atoms with Gasteiger partial charge in [-0.1, -0.05) is 9.39 Å². The molecule has 0 aromatic rings. The van der Waals surface area contributed by atoms with Crippen LogP contribution >= 0.6 is 9.39 Å². The standard InChI is InChI=1S/C6H15N2O2P/c1-6(2,10-3)4(8-11)5(7)9/h4,8H,11H2,1-3H3,(H2,7,9)/t4-/m1/s1. The zero-order chi connectivity index (χ0) is 9.07. The molecule has 1 amide bonds. The summed E-state index contributed by atoms with van der Waals surface area (Å²) in [6.45, 7) is 3.58. The first-order valence-corrected chi connectivity index (χ1v) is 3.84. The molecule has 66 valence electrons. The summed E-state index contributed by atoms with van der Waals surface area (Å²) in [5.41, 5.74) is 4.54. The van der Waals surface area contributed by atoms with Crippen molar-refractivity contribution in [2.75, 3.05) is 7.11 Å². The minimum absolute atomic E-state index is 0.424. The Kier molecular flexibility index (Phi) is 3.93. The third-order valence-corrected chi connectivity index (χ3v) is 2.01. The van der Waals surface area contributed by atoms with Crippen molar-refractivity contribution in [3.63, 3.8) is 0 Å². The highest BCUT2D eigenvalue weighted by Gasteiger charge is 2.32. The van der Waals surface area contributed by atoms with E-state index >= 15 is 0 Å². The van der Waals surface area contributed by atoms with E-state index in [1.165, 1.54) is 7.11 Å². The summed E-state index contributed by atoms with van der Waals surface area (Å²) in [7, 11) is 3.79. The van der Waals surface area contributed by atoms with Crippen molar-refractivity contribution >= 4 is 15.3 Å². The molecular weight excluding hydrogens is 163 g/mol. The SMILES string of the molecule is COC(C)(C)[C@H](NP)C(N)=O. The number of nitrogens with one attached hydrogen (secondary N) is 1. The van der Waals surface area contributed by atoms with Gasteiger partial charge in [0.2, 0.25) is 5.91 Å². The molecule has 5 heteroatoms. The number of primary amides is 1. The van der Waals surface area contributed by atoms with E-state index in [1.54, 1.807) is 13.8 Å². The molecule has 0 saturated heterocycles. The van der Waals surface area contributed by atoms with Crippen LogP contribution in [0.5, 0.6) is 0 Å². The van der Waals surface area contributed by atoms with Gasteiger partial charge >= 0.3 is 0 Å². The second-order valence-electron chi connectivity index (χ2n) is 2.81. The van der Waals surface area contributed by atoms with E-state index in [2.05, 4.69) is 14.5 Å². The Labute approximate surface area is 69.1 Å². The van der Waals surface area contributed by atoms with Gasteiger partial charge in [0, 0.05) is 7.11 Å². The fourth-order valence-electron chi connectivity index (χ4n) is 0.743. The normalized spacial score (nSPS) is 14.5. The topological polar surface area (TPSA) is 64.3 Å². The molecule has 0 aromatic heterocycles. The van der Waals surface area contributed by atoms with Crippen LogP contribution in [-0.2, 0) is 9.53 Å². The van der Waals surface area contributed by atoms with Gasteiger partial charge in [-0.2, -0.15) is 0 Å². The fraction of sp³-hybridized carbons (Fsp3) is 0.833. The van der Waals surface area contributed by atoms with Crippen molar-refractivity contribution in [2.45, 2.75) is 25.5 Å². The molecule has 2 atom stereocenters. The first kappa shape index (κ1) is 10.8. The van der Waals surface area contributed by atoms with Crippen molar-refractivity contribution in [1.82, 2.24) is 5.09 Å². The van der Waals surface area contributed by atoms with Crippen LogP contribution in [0.1, 0.15) is 13.8 Å². The van der Waals surface area contributed by atoms with Crippen LogP contribution in [0.2, 0.25) is 0 Å². The molecule has 0 radical (unpaired) electrons. The Balaban J connectivity index is 4.36. The summed E-state index contributed by atoms with van der Waals surface area (Å²) >= 11 is 0. The van der Waals surface area contributed by atoms with E-state index in [0.29, 0.717) is 0 Å². The molecule has 0 heterocycles. The van der Waals surface area contributed by atoms with Gasteiger partial charge in [-0.05, 0) is 13.8 Å². The Morgan fingerprint density at radius 2 is 2.18 bits per heavy atom. The second-order valence-corrected chi connectivity index (χ2v) is 3.14. The van der Waals surface area contributed by atoms with Crippen LogP contribution in [0.4, 0.5) is 0 Å². The number of amides is 1. The lowest BCUT2D eigenvalue weighted by atomic mass is 9.99. The van der Waals surface area contributed by atoms with E-state index < -0.39 is 17.6 Å². The zero-order valence-corrected chi connectivity index (χ0v) is 8.20. The molecule has 3 N–H and O–H groups in total. The minimum atomic E-state index is -0.576. The Bertz CT molecular complexity index is 150. The van der Waals surface area contributed by atoms with Gasteiger partial charge in [-0.3, -0.25) is 9.88 Å². The Morgan fingerprint density at radius 3 is 2.27 bits per heavy atom. The van der Waals surface area contributed by atoms with Crippen LogP contribution in [0.15, 0.2) is 0 Å². The predicted molar refractivity (Wildman–Crippen MR) is 46.9 cm³/mol. The summed E-state index contributed by atoms with van der Waals surface area (Å²) in [6, 6.07) is -0.488. The van der Waals surface area contributed by atoms with Crippen molar-refractivity contribution in [3.05, 3.63) is 0 Å². The quantitative estimate of drug-likeness (QED) is 0.578. The van der Waals surface area contributed by atoms with Crippen molar-refractivity contribution in [1.29, 1.82) is 0 Å². The predicted octanol–water partition coefficient (Wildman–Crippen LogP) is -0.355. The van der Waals surface area contributed by atoms with Crippen LogP contribution in [-0.4, -0.2) is 24.7 Å². The molecular formula is C6H15N2O2P. The van der Waals surface area contributed by atoms with Crippen LogP contribution in [0.25, 0.3) is 0 Å². The largest absolute Gasteiger partial charge is 0.377 e. The Hall–Kier alpha value is -0.180. The highest BCUT2D eigenvalue weighted by Crippen LogP contribution is 2.13. The minimum Gasteiger partial charge on any atom is -0.377 e. The fourth-order valence-corrected chi connectivity index (χ4v) is 1.31. The van der Waals surface area contributed by atoms with E-state index in [0.717, 1.165) is 0 Å². The van der Waals surface area contributed by atoms with Crippen molar-refractivity contribution in [2.24, 2.45) is 5.73 Å². The molecule has 0 aliphatic carbocycles. The maximum absolute atomic E-state index is 10.8. The summed E-state index contributed by atoms with van der Waals surface area (Å²) in [4.78, 5) is 10.8. The molecule has 1 unspecified atom stereocenters. The van der Waals surface area contributed by atoms with E-state index in [9.17, 15) is 4.79 Å². The number of ether oxygens (including phenoxy) is 1. The molecule has 0 rings (SSSR count). The van der Waals surface area contributed by atoms with Gasteiger partial charge in [0.05, 0.1) is 5.60 Å². The maximum atomic E-state index is 10.8. The van der Waals surface area contributed by atoms with Gasteiger partial charge in [0.25, 0.3) is 0 Å². The van der Waals surface area contributed by atoms with E-state index in [-0.39, 0.29) is 0 Å². The lowest BCUT2D eigenvalue weighted by molar-refractivity contribution is -0.126. The summed E-state index contributed by atoms with van der Waals surface area (Å²) in [5.74, 6) is -0.424. The Morgan fingerprint density at radius 1 is 1.73 bits per heavy atom. The average molecular weight is 178 g/mol. The van der Waals surface area contributed by atoms with Crippen LogP contribution in [0, 0.1) is 0 Å². The second kappa shape index (κ2) is 4.00. The molecule has 0 bridgehead atoms. The van der Waals surface area contributed by atoms with Crippen molar-refractivity contribution in [3.8, 4) is 0 Å². The number of nitrogens with two attached hydrogens (primary N) is 1. The molecule has 0 aliphatic heterocycles. The monoisotopic (exact) mass is 178 g/mol. The van der Waals surface area contributed by atoms with Gasteiger partial charge in [-0.25, -0.2) is 0 Å². The molecule has 0 spiro atoms. The van der Waals surface area contributed by atoms with Gasteiger partial charge in [0.15, 0.2) is 0 Å². The number of carbonyl (C=O) groups is 1. The molecule has 4 nitrogen and oxygen atoms in total. The molecule has 0 aromatic carbocycles. The molecule has 0 saturated carbocycles. The maximum Gasteiger partial charge on any atom is 0.237 e. The summed E-state index contributed by atoms with van der Waals surface area (Å²) < 4.78 is 5.08. The third kappa shape index (κ3) is 2.73. The number of rotatable bonds is 4. The van der Waals surface area contributed by atoms with E-state index in [1.807, 2.05) is 0 Å². The van der Waals surface area contributed by atoms with E-state index in [4.69, 9.17) is 10.5 Å². The first-order valence-electron chi connectivity index (χ1n) is 3.26. The highest BCUT2D eigenvalue weighted by molar-refractivity contribution is 7.13. The third-order valence-electron chi connectivity index (χ3n) is 1.67. The van der Waals surface area contributed by atoms with Crippen LogP contribution < -0.4 is 10.8 Å². The van der Waals surface area contributed by atoms with Gasteiger partial charge in [-0.15, -0.1) is 0 Å². The van der Waals surface area contributed by atoms with Crippen LogP contribution in [0.3, 0.4) is 0 Å². The average Bonchev–Trinajstić information content (AvgIpc) is 1.88. The van der Waals surface area contributed by atoms with Crippen molar-refractivity contribution < 1.29 is 9.53 Å². The molecule has 11 heavy (non-hydrogen) atoms. The number of methoxy groups -OCH3 is 1. The lowest BCUT2D eigenvalue weighted by Crippen LogP contribution is -2.52. The molecule has 0 aliphatic rings. The number of hydrogen-bond donors (Lipinski definition) is 2. The smallest absolute Gasteiger partial charge is 0.237 e. The summed E-state index contributed by atoms with van der Waals surface area (Å²) in [5, 5.41) is 2.71. The zero-order valence-electron chi connectivity index (χ0n) is 7.05.